The molecular formula is C26H22I2N2O2. The molecule has 0 atom stereocenters. The molecule has 0 bridgehead atoms. The quantitative estimate of drug-likeness (QED) is 0.179. The molecule has 3 rings (SSSR count). The van der Waals surface area contributed by atoms with Crippen LogP contribution in [0.3, 0.4) is 0 Å². The Bertz CT molecular complexity index is 1220. The molecule has 0 radical (unpaired) electrons. The highest BCUT2D eigenvalue weighted by Crippen LogP contribution is 2.30. The Hall–Kier alpha value is -2.38. The number of rotatable bonds is 6. The molecule has 0 aliphatic rings. The molecule has 0 aliphatic heterocycles. The second-order valence-corrected chi connectivity index (χ2v) is 9.86. The van der Waals surface area contributed by atoms with Crippen molar-refractivity contribution in [2.24, 2.45) is 0 Å². The Labute approximate surface area is 216 Å². The molecule has 0 spiro atoms. The van der Waals surface area contributed by atoms with E-state index < -0.39 is 5.91 Å². The van der Waals surface area contributed by atoms with Gasteiger partial charge in [0.15, 0.2) is 0 Å². The van der Waals surface area contributed by atoms with Crippen LogP contribution < -0.4 is 10.1 Å². The van der Waals surface area contributed by atoms with E-state index in [0.717, 1.165) is 35.1 Å². The number of carbonyl (C=O) groups excluding carboxylic acids is 1. The van der Waals surface area contributed by atoms with Crippen molar-refractivity contribution in [1.82, 2.24) is 0 Å². The summed E-state index contributed by atoms with van der Waals surface area (Å²) in [4.78, 5) is 12.7. The number of hydrogen-bond donors (Lipinski definition) is 1. The van der Waals surface area contributed by atoms with E-state index in [2.05, 4.69) is 69.6 Å². The predicted octanol–water partition coefficient (Wildman–Crippen LogP) is 6.95. The smallest absolute Gasteiger partial charge is 0.266 e. The molecule has 0 fully saturated rings. The van der Waals surface area contributed by atoms with Gasteiger partial charge in [-0.15, -0.1) is 0 Å². The Morgan fingerprint density at radius 1 is 1.03 bits per heavy atom. The Morgan fingerprint density at radius 2 is 1.72 bits per heavy atom. The van der Waals surface area contributed by atoms with Crippen LogP contribution in [-0.4, -0.2) is 5.91 Å². The van der Waals surface area contributed by atoms with Crippen LogP contribution in [-0.2, 0) is 11.4 Å². The van der Waals surface area contributed by atoms with Crippen molar-refractivity contribution in [3.63, 3.8) is 0 Å². The van der Waals surface area contributed by atoms with Crippen molar-refractivity contribution in [3.05, 3.63) is 95.1 Å². The molecule has 0 heterocycles. The predicted molar refractivity (Wildman–Crippen MR) is 146 cm³/mol. The highest BCUT2D eigenvalue weighted by molar-refractivity contribution is 14.1. The van der Waals surface area contributed by atoms with Gasteiger partial charge in [0.25, 0.3) is 5.91 Å². The number of nitriles is 1. The summed E-state index contributed by atoms with van der Waals surface area (Å²) in [5, 5.41) is 12.4. The monoisotopic (exact) mass is 648 g/mol. The van der Waals surface area contributed by atoms with E-state index in [-0.39, 0.29) is 5.57 Å². The Morgan fingerprint density at radius 3 is 2.34 bits per heavy atom. The van der Waals surface area contributed by atoms with Crippen LogP contribution in [0.25, 0.3) is 6.08 Å². The van der Waals surface area contributed by atoms with Gasteiger partial charge in [0.1, 0.15) is 24.0 Å². The van der Waals surface area contributed by atoms with Crippen molar-refractivity contribution in [2.75, 3.05) is 5.32 Å². The number of nitrogens with one attached hydrogen (secondary N) is 1. The molecule has 1 N–H and O–H groups in total. The number of aryl methyl sites for hydroxylation is 3. The minimum Gasteiger partial charge on any atom is -0.487 e. The number of halogens is 2. The standard InChI is InChI=1S/C26H22I2N2O2/c1-16-5-4-6-19(10-16)15-32-25-22(27)12-20(13-23(25)28)11-21(14-29)26(31)30-24-8-7-17(2)9-18(24)3/h4-13H,15H2,1-3H3,(H,30,31)/b21-11+. The number of benzene rings is 3. The maximum absolute atomic E-state index is 12.7. The summed E-state index contributed by atoms with van der Waals surface area (Å²) in [6.45, 7) is 6.46. The summed E-state index contributed by atoms with van der Waals surface area (Å²) in [6, 6.07) is 19.8. The highest BCUT2D eigenvalue weighted by atomic mass is 127. The topological polar surface area (TPSA) is 62.1 Å². The molecule has 1 amide bonds. The minimum atomic E-state index is -0.427. The zero-order valence-electron chi connectivity index (χ0n) is 18.0. The lowest BCUT2D eigenvalue weighted by Gasteiger charge is -2.12. The van der Waals surface area contributed by atoms with Crippen LogP contribution in [0, 0.1) is 39.2 Å². The first-order chi connectivity index (χ1) is 15.3. The van der Waals surface area contributed by atoms with Gasteiger partial charge in [0, 0.05) is 5.69 Å². The maximum atomic E-state index is 12.7. The fourth-order valence-electron chi connectivity index (χ4n) is 3.22. The van der Waals surface area contributed by atoms with Crippen LogP contribution in [0.4, 0.5) is 5.69 Å². The van der Waals surface area contributed by atoms with E-state index >= 15 is 0 Å². The van der Waals surface area contributed by atoms with E-state index in [1.54, 1.807) is 6.08 Å². The van der Waals surface area contributed by atoms with Gasteiger partial charge in [-0.1, -0.05) is 47.5 Å². The SMILES string of the molecule is Cc1cccc(COc2c(I)cc(/C=C(\C#N)C(=O)Nc3ccc(C)cc3C)cc2I)c1. The van der Waals surface area contributed by atoms with Crippen molar-refractivity contribution in [2.45, 2.75) is 27.4 Å². The normalized spacial score (nSPS) is 11.1. The fourth-order valence-corrected chi connectivity index (χ4v) is 5.34. The van der Waals surface area contributed by atoms with E-state index in [0.29, 0.717) is 12.3 Å². The molecule has 0 saturated carbocycles. The van der Waals surface area contributed by atoms with Gasteiger partial charge in [-0.25, -0.2) is 0 Å². The third kappa shape index (κ3) is 6.33. The summed E-state index contributed by atoms with van der Waals surface area (Å²) in [6.07, 6.45) is 1.60. The van der Waals surface area contributed by atoms with E-state index in [1.165, 1.54) is 5.56 Å². The van der Waals surface area contributed by atoms with Crippen LogP contribution in [0.1, 0.15) is 27.8 Å². The number of ether oxygens (including phenoxy) is 1. The lowest BCUT2D eigenvalue weighted by Crippen LogP contribution is -2.14. The zero-order chi connectivity index (χ0) is 23.3. The molecule has 0 aromatic heterocycles. The molecule has 0 unspecified atom stereocenters. The van der Waals surface area contributed by atoms with Crippen LogP contribution in [0.15, 0.2) is 60.2 Å². The van der Waals surface area contributed by atoms with Gasteiger partial charge in [-0.05, 0) is 107 Å². The largest absolute Gasteiger partial charge is 0.487 e. The fraction of sp³-hybridized carbons (Fsp3) is 0.154. The van der Waals surface area contributed by atoms with Crippen molar-refractivity contribution >= 4 is 62.9 Å². The third-order valence-electron chi connectivity index (χ3n) is 4.79. The Balaban J connectivity index is 1.78. The third-order valence-corrected chi connectivity index (χ3v) is 6.40. The summed E-state index contributed by atoms with van der Waals surface area (Å²) in [5.41, 5.74) is 5.89. The molecule has 32 heavy (non-hydrogen) atoms. The van der Waals surface area contributed by atoms with Gasteiger partial charge < -0.3 is 10.1 Å². The van der Waals surface area contributed by atoms with E-state index in [4.69, 9.17) is 4.74 Å². The average molecular weight is 648 g/mol. The molecule has 0 aliphatic carbocycles. The van der Waals surface area contributed by atoms with Crippen LogP contribution in [0.2, 0.25) is 0 Å². The first kappa shape index (κ1) is 24.3. The molecule has 162 valence electrons. The first-order valence-electron chi connectivity index (χ1n) is 9.94. The average Bonchev–Trinajstić information content (AvgIpc) is 2.73. The van der Waals surface area contributed by atoms with Crippen LogP contribution in [0.5, 0.6) is 5.75 Å². The molecule has 3 aromatic carbocycles. The van der Waals surface area contributed by atoms with Crippen molar-refractivity contribution in [3.8, 4) is 11.8 Å². The highest BCUT2D eigenvalue weighted by Gasteiger charge is 2.13. The van der Waals surface area contributed by atoms with Crippen molar-refractivity contribution < 1.29 is 9.53 Å². The molecule has 3 aromatic rings. The number of anilines is 1. The van der Waals surface area contributed by atoms with Gasteiger partial charge in [0.05, 0.1) is 7.14 Å². The summed E-state index contributed by atoms with van der Waals surface area (Å²) < 4.78 is 7.90. The van der Waals surface area contributed by atoms with E-state index in [1.807, 2.05) is 62.4 Å². The maximum Gasteiger partial charge on any atom is 0.266 e. The lowest BCUT2D eigenvalue weighted by atomic mass is 10.1. The number of carbonyl (C=O) groups is 1. The number of hydrogen-bond acceptors (Lipinski definition) is 3. The first-order valence-corrected chi connectivity index (χ1v) is 12.1. The minimum absolute atomic E-state index is 0.0463. The van der Waals surface area contributed by atoms with Crippen LogP contribution >= 0.6 is 45.2 Å². The van der Waals surface area contributed by atoms with Gasteiger partial charge >= 0.3 is 0 Å². The summed E-state index contributed by atoms with van der Waals surface area (Å²) >= 11 is 4.44. The molecule has 0 saturated heterocycles. The van der Waals surface area contributed by atoms with Gasteiger partial charge in [-0.3, -0.25) is 4.79 Å². The summed E-state index contributed by atoms with van der Waals surface area (Å²) in [5.74, 6) is 0.368. The Kier molecular flexibility index (Phi) is 8.32. The van der Waals surface area contributed by atoms with E-state index in [9.17, 15) is 10.1 Å². The van der Waals surface area contributed by atoms with Gasteiger partial charge in [-0.2, -0.15) is 5.26 Å². The number of amides is 1. The van der Waals surface area contributed by atoms with Crippen molar-refractivity contribution in [1.29, 1.82) is 5.26 Å². The second-order valence-electron chi connectivity index (χ2n) is 7.53. The molecular weight excluding hydrogens is 626 g/mol. The molecule has 4 nitrogen and oxygen atoms in total. The summed E-state index contributed by atoms with van der Waals surface area (Å²) in [7, 11) is 0. The number of nitrogens with zero attached hydrogens (tertiary/aromatic N) is 1. The second kappa shape index (κ2) is 11.0. The molecule has 6 heteroatoms. The lowest BCUT2D eigenvalue weighted by molar-refractivity contribution is -0.112. The zero-order valence-corrected chi connectivity index (χ0v) is 22.3. The van der Waals surface area contributed by atoms with Gasteiger partial charge in [0.2, 0.25) is 0 Å².